The van der Waals surface area contributed by atoms with Crippen LogP contribution >= 0.6 is 0 Å². The van der Waals surface area contributed by atoms with Crippen LogP contribution < -0.4 is 0 Å². The summed E-state index contributed by atoms with van der Waals surface area (Å²) in [6, 6.07) is 3.12. The number of rotatable bonds is 2. The minimum atomic E-state index is -1.01. The Kier molecular flexibility index (Phi) is 3.21. The van der Waals surface area contributed by atoms with Crippen molar-refractivity contribution in [2.45, 2.75) is 25.6 Å². The van der Waals surface area contributed by atoms with Gasteiger partial charge in [-0.25, -0.2) is 8.78 Å². The molecule has 1 fully saturated rings. The Balaban J connectivity index is 2.25. The van der Waals surface area contributed by atoms with Crippen molar-refractivity contribution >= 4 is 0 Å². The Hall–Kier alpha value is -1.00. The van der Waals surface area contributed by atoms with E-state index < -0.39 is 17.7 Å². The number of hydrogen-bond donors (Lipinski definition) is 1. The zero-order valence-electron chi connectivity index (χ0n) is 8.99. The zero-order valence-corrected chi connectivity index (χ0v) is 8.99. The molecule has 1 aliphatic rings. The summed E-state index contributed by atoms with van der Waals surface area (Å²) in [5, 5.41) is 10.0. The Bertz CT molecular complexity index is 381. The molecule has 4 heteroatoms. The van der Waals surface area contributed by atoms with Gasteiger partial charge in [0.15, 0.2) is 0 Å². The second-order valence-electron chi connectivity index (χ2n) is 4.14. The lowest BCUT2D eigenvalue weighted by molar-refractivity contribution is 0.0413. The Morgan fingerprint density at radius 1 is 1.44 bits per heavy atom. The van der Waals surface area contributed by atoms with Crippen LogP contribution in [0.3, 0.4) is 0 Å². The molecule has 3 unspecified atom stereocenters. The molecule has 1 aromatic rings. The molecule has 1 heterocycles. The molecule has 1 aromatic carbocycles. The van der Waals surface area contributed by atoms with Gasteiger partial charge in [0.05, 0.1) is 12.2 Å². The van der Waals surface area contributed by atoms with Crippen molar-refractivity contribution in [3.8, 4) is 0 Å². The van der Waals surface area contributed by atoms with E-state index in [2.05, 4.69) is 0 Å². The maximum Gasteiger partial charge on any atom is 0.129 e. The average molecular weight is 228 g/mol. The fourth-order valence-electron chi connectivity index (χ4n) is 2.13. The predicted molar refractivity (Wildman–Crippen MR) is 54.8 cm³/mol. The molecular weight excluding hydrogens is 214 g/mol. The van der Waals surface area contributed by atoms with Crippen molar-refractivity contribution < 1.29 is 18.6 Å². The quantitative estimate of drug-likeness (QED) is 0.842. The minimum absolute atomic E-state index is 0.0161. The van der Waals surface area contributed by atoms with Gasteiger partial charge >= 0.3 is 0 Å². The van der Waals surface area contributed by atoms with E-state index >= 15 is 0 Å². The fraction of sp³-hybridized carbons (Fsp3) is 0.500. The third-order valence-corrected chi connectivity index (χ3v) is 3.12. The zero-order chi connectivity index (χ0) is 11.7. The Labute approximate surface area is 92.9 Å². The summed E-state index contributed by atoms with van der Waals surface area (Å²) in [5.41, 5.74) is 0.0161. The van der Waals surface area contributed by atoms with Gasteiger partial charge in [0.2, 0.25) is 0 Å². The van der Waals surface area contributed by atoms with Crippen molar-refractivity contribution in [3.05, 3.63) is 35.4 Å². The largest absolute Gasteiger partial charge is 0.388 e. The molecule has 0 aromatic heterocycles. The molecule has 16 heavy (non-hydrogen) atoms. The summed E-state index contributed by atoms with van der Waals surface area (Å²) >= 11 is 0. The van der Waals surface area contributed by atoms with Gasteiger partial charge in [0, 0.05) is 18.1 Å². The monoisotopic (exact) mass is 228 g/mol. The first kappa shape index (κ1) is 11.5. The highest BCUT2D eigenvalue weighted by molar-refractivity contribution is 5.22. The van der Waals surface area contributed by atoms with Gasteiger partial charge in [0.1, 0.15) is 11.6 Å². The highest BCUT2D eigenvalue weighted by Crippen LogP contribution is 2.34. The van der Waals surface area contributed by atoms with Crippen LogP contribution in [0, 0.1) is 17.6 Å². The molecule has 0 aliphatic carbocycles. The van der Waals surface area contributed by atoms with Gasteiger partial charge in [-0.05, 0) is 31.5 Å². The summed E-state index contributed by atoms with van der Waals surface area (Å²) in [6.07, 6.45) is -0.468. The van der Waals surface area contributed by atoms with Crippen LogP contribution in [-0.4, -0.2) is 17.8 Å². The SMILES string of the molecule is CC1OCCC1C(O)c1cc(F)ccc1F. The number of aliphatic hydroxyl groups is 1. The van der Waals surface area contributed by atoms with Crippen molar-refractivity contribution in [2.24, 2.45) is 5.92 Å². The van der Waals surface area contributed by atoms with Crippen LogP contribution in [0.5, 0.6) is 0 Å². The van der Waals surface area contributed by atoms with E-state index in [9.17, 15) is 13.9 Å². The van der Waals surface area contributed by atoms with Crippen molar-refractivity contribution in [1.29, 1.82) is 0 Å². The summed E-state index contributed by atoms with van der Waals surface area (Å²) in [7, 11) is 0. The van der Waals surface area contributed by atoms with Crippen LogP contribution in [-0.2, 0) is 4.74 Å². The number of benzene rings is 1. The van der Waals surface area contributed by atoms with Crippen molar-refractivity contribution in [1.82, 2.24) is 0 Å². The molecule has 0 radical (unpaired) electrons. The van der Waals surface area contributed by atoms with Crippen LogP contribution in [0.4, 0.5) is 8.78 Å². The highest BCUT2D eigenvalue weighted by atomic mass is 19.1. The molecule has 2 rings (SSSR count). The molecule has 1 N–H and O–H groups in total. The minimum Gasteiger partial charge on any atom is -0.388 e. The smallest absolute Gasteiger partial charge is 0.129 e. The Morgan fingerprint density at radius 3 is 2.81 bits per heavy atom. The molecular formula is C12H14F2O2. The van der Waals surface area contributed by atoms with E-state index in [1.807, 2.05) is 6.92 Å². The Morgan fingerprint density at radius 2 is 2.19 bits per heavy atom. The van der Waals surface area contributed by atoms with E-state index in [1.54, 1.807) is 0 Å². The van der Waals surface area contributed by atoms with E-state index in [1.165, 1.54) is 0 Å². The van der Waals surface area contributed by atoms with E-state index in [0.29, 0.717) is 13.0 Å². The third kappa shape index (κ3) is 2.08. The van der Waals surface area contributed by atoms with Gasteiger partial charge in [-0.2, -0.15) is 0 Å². The topological polar surface area (TPSA) is 29.5 Å². The normalized spacial score (nSPS) is 27.0. The molecule has 3 atom stereocenters. The average Bonchev–Trinajstić information content (AvgIpc) is 2.67. The lowest BCUT2D eigenvalue weighted by atomic mass is 9.90. The first-order valence-corrected chi connectivity index (χ1v) is 5.34. The maximum atomic E-state index is 13.4. The van der Waals surface area contributed by atoms with E-state index in [0.717, 1.165) is 18.2 Å². The summed E-state index contributed by atoms with van der Waals surface area (Å²) in [5.74, 6) is -1.29. The third-order valence-electron chi connectivity index (χ3n) is 3.12. The lowest BCUT2D eigenvalue weighted by Crippen LogP contribution is -2.20. The van der Waals surface area contributed by atoms with Crippen LogP contribution in [0.2, 0.25) is 0 Å². The molecule has 88 valence electrons. The van der Waals surface area contributed by atoms with Gasteiger partial charge in [-0.1, -0.05) is 0 Å². The van der Waals surface area contributed by atoms with Gasteiger partial charge < -0.3 is 9.84 Å². The molecule has 0 amide bonds. The van der Waals surface area contributed by atoms with Crippen LogP contribution in [0.1, 0.15) is 25.0 Å². The molecule has 2 nitrogen and oxygen atoms in total. The fourth-order valence-corrected chi connectivity index (χ4v) is 2.13. The second kappa shape index (κ2) is 4.47. The second-order valence-corrected chi connectivity index (χ2v) is 4.14. The number of halogens is 2. The van der Waals surface area contributed by atoms with E-state index in [4.69, 9.17) is 4.74 Å². The molecule has 1 aliphatic heterocycles. The summed E-state index contributed by atoms with van der Waals surface area (Å²) in [6.45, 7) is 2.39. The number of hydrogen-bond acceptors (Lipinski definition) is 2. The first-order valence-electron chi connectivity index (χ1n) is 5.34. The molecule has 1 saturated heterocycles. The van der Waals surface area contributed by atoms with Crippen molar-refractivity contribution in [3.63, 3.8) is 0 Å². The van der Waals surface area contributed by atoms with Gasteiger partial charge in [-0.3, -0.25) is 0 Å². The van der Waals surface area contributed by atoms with Crippen LogP contribution in [0.25, 0.3) is 0 Å². The standard InChI is InChI=1S/C12H14F2O2/c1-7-9(4-5-16-7)12(15)10-6-8(13)2-3-11(10)14/h2-3,6-7,9,12,15H,4-5H2,1H3. The lowest BCUT2D eigenvalue weighted by Gasteiger charge is -2.21. The maximum absolute atomic E-state index is 13.4. The predicted octanol–water partition coefficient (Wildman–Crippen LogP) is 2.42. The number of ether oxygens (including phenoxy) is 1. The highest BCUT2D eigenvalue weighted by Gasteiger charge is 2.33. The summed E-state index contributed by atoms with van der Waals surface area (Å²) in [4.78, 5) is 0. The van der Waals surface area contributed by atoms with Gasteiger partial charge in [-0.15, -0.1) is 0 Å². The number of aliphatic hydroxyl groups excluding tert-OH is 1. The first-order chi connectivity index (χ1) is 7.59. The van der Waals surface area contributed by atoms with Crippen LogP contribution in [0.15, 0.2) is 18.2 Å². The summed E-state index contributed by atoms with van der Waals surface area (Å²) < 4.78 is 31.7. The van der Waals surface area contributed by atoms with E-state index in [-0.39, 0.29) is 17.6 Å². The molecule has 0 saturated carbocycles. The molecule has 0 spiro atoms. The van der Waals surface area contributed by atoms with Crippen molar-refractivity contribution in [2.75, 3.05) is 6.61 Å². The molecule has 0 bridgehead atoms. The van der Waals surface area contributed by atoms with Gasteiger partial charge in [0.25, 0.3) is 0 Å².